The van der Waals surface area contributed by atoms with Crippen LogP contribution < -0.4 is 0 Å². The van der Waals surface area contributed by atoms with E-state index in [1.807, 2.05) is 23.8 Å². The zero-order valence-corrected chi connectivity index (χ0v) is 12.7. The van der Waals surface area contributed by atoms with Gasteiger partial charge in [0.25, 0.3) is 0 Å². The second-order valence-electron chi connectivity index (χ2n) is 6.08. The third-order valence-corrected chi connectivity index (χ3v) is 4.88. The normalized spacial score (nSPS) is 23.0. The van der Waals surface area contributed by atoms with Crippen molar-refractivity contribution in [3.63, 3.8) is 0 Å². The Morgan fingerprint density at radius 1 is 1.20 bits per heavy atom. The average Bonchev–Trinajstić information content (AvgIpc) is 2.60. The van der Waals surface area contributed by atoms with E-state index in [1.54, 1.807) is 0 Å². The lowest BCUT2D eigenvalue weighted by atomic mass is 9.73. The first-order chi connectivity index (χ1) is 9.56. The van der Waals surface area contributed by atoms with Crippen molar-refractivity contribution in [3.8, 4) is 0 Å². The summed E-state index contributed by atoms with van der Waals surface area (Å²) in [4.78, 5) is 27.5. The van der Waals surface area contributed by atoms with Crippen molar-refractivity contribution in [1.29, 1.82) is 0 Å². The Morgan fingerprint density at radius 3 is 2.50 bits per heavy atom. The maximum atomic E-state index is 11.9. The number of ether oxygens (including phenoxy) is 1. The van der Waals surface area contributed by atoms with Crippen LogP contribution in [0.3, 0.4) is 0 Å². The summed E-state index contributed by atoms with van der Waals surface area (Å²) >= 11 is 0. The Labute approximate surface area is 121 Å². The molecule has 2 saturated heterocycles. The summed E-state index contributed by atoms with van der Waals surface area (Å²) in [6, 6.07) is 0. The number of likely N-dealkylation sites (tertiary alicyclic amines) is 2. The van der Waals surface area contributed by atoms with Crippen LogP contribution in [0.15, 0.2) is 0 Å². The Hall–Kier alpha value is -1.10. The van der Waals surface area contributed by atoms with Gasteiger partial charge in [-0.3, -0.25) is 9.59 Å². The molecule has 0 radical (unpaired) electrons. The van der Waals surface area contributed by atoms with Gasteiger partial charge in [-0.25, -0.2) is 0 Å². The molecular formula is C15H26N2O3. The third-order valence-electron chi connectivity index (χ3n) is 4.88. The van der Waals surface area contributed by atoms with Crippen molar-refractivity contribution in [2.75, 3.05) is 39.9 Å². The molecule has 0 saturated carbocycles. The fourth-order valence-corrected chi connectivity index (χ4v) is 3.23. The number of amides is 2. The molecule has 1 spiro atoms. The van der Waals surface area contributed by atoms with Crippen LogP contribution in [0.2, 0.25) is 0 Å². The summed E-state index contributed by atoms with van der Waals surface area (Å²) < 4.78 is 5.19. The van der Waals surface area contributed by atoms with Gasteiger partial charge >= 0.3 is 0 Å². The molecular weight excluding hydrogens is 256 g/mol. The molecule has 0 aromatic heterocycles. The van der Waals surface area contributed by atoms with Gasteiger partial charge in [0, 0.05) is 39.7 Å². The fourth-order valence-electron chi connectivity index (χ4n) is 3.23. The van der Waals surface area contributed by atoms with E-state index in [0.29, 0.717) is 13.0 Å². The van der Waals surface area contributed by atoms with Crippen LogP contribution in [0.4, 0.5) is 0 Å². The predicted molar refractivity (Wildman–Crippen MR) is 76.2 cm³/mol. The topological polar surface area (TPSA) is 49.9 Å². The Kier molecular flexibility index (Phi) is 5.02. The van der Waals surface area contributed by atoms with Gasteiger partial charge in [0.15, 0.2) is 0 Å². The summed E-state index contributed by atoms with van der Waals surface area (Å²) in [5.74, 6) is 0.361. The van der Waals surface area contributed by atoms with E-state index in [1.165, 1.54) is 0 Å². The molecule has 2 amide bonds. The summed E-state index contributed by atoms with van der Waals surface area (Å²) in [7, 11) is 1.89. The molecule has 0 atom stereocenters. The molecule has 0 bridgehead atoms. The highest BCUT2D eigenvalue weighted by Crippen LogP contribution is 2.41. The maximum Gasteiger partial charge on any atom is 0.248 e. The number of carbonyl (C=O) groups excluding carboxylic acids is 2. The van der Waals surface area contributed by atoms with Gasteiger partial charge in [-0.1, -0.05) is 0 Å². The van der Waals surface area contributed by atoms with Crippen LogP contribution in [-0.4, -0.2) is 61.5 Å². The van der Waals surface area contributed by atoms with E-state index in [0.717, 1.165) is 45.3 Å². The minimum absolute atomic E-state index is 0.100. The molecule has 2 heterocycles. The molecule has 0 aromatic rings. The lowest BCUT2D eigenvalue weighted by Gasteiger charge is -2.41. The van der Waals surface area contributed by atoms with Gasteiger partial charge in [-0.15, -0.1) is 0 Å². The summed E-state index contributed by atoms with van der Waals surface area (Å²) in [5.41, 5.74) is 0.267. The number of carbonyl (C=O) groups is 2. The quantitative estimate of drug-likeness (QED) is 0.783. The molecule has 5 heteroatoms. The van der Waals surface area contributed by atoms with E-state index in [-0.39, 0.29) is 23.8 Å². The van der Waals surface area contributed by atoms with Gasteiger partial charge in [-0.2, -0.15) is 0 Å². The molecule has 0 N–H and O–H groups in total. The Bertz CT molecular complexity index is 362. The highest BCUT2D eigenvalue weighted by atomic mass is 16.5. The predicted octanol–water partition coefficient (Wildman–Crippen LogP) is 1.27. The molecule has 2 fully saturated rings. The van der Waals surface area contributed by atoms with Crippen molar-refractivity contribution in [1.82, 2.24) is 9.80 Å². The molecule has 2 aliphatic rings. The number of nitrogens with zero attached hydrogens (tertiary/aromatic N) is 2. The maximum absolute atomic E-state index is 11.9. The Morgan fingerprint density at radius 2 is 1.85 bits per heavy atom. The molecule has 0 aromatic carbocycles. The molecule has 2 aliphatic heterocycles. The zero-order valence-electron chi connectivity index (χ0n) is 12.7. The molecule has 5 nitrogen and oxygen atoms in total. The van der Waals surface area contributed by atoms with Crippen LogP contribution in [0.25, 0.3) is 0 Å². The van der Waals surface area contributed by atoms with Crippen molar-refractivity contribution in [3.05, 3.63) is 0 Å². The number of hydrogen-bond donors (Lipinski definition) is 0. The van der Waals surface area contributed by atoms with Crippen LogP contribution in [0.5, 0.6) is 0 Å². The van der Waals surface area contributed by atoms with Crippen LogP contribution >= 0.6 is 0 Å². The lowest BCUT2D eigenvalue weighted by Crippen LogP contribution is -2.44. The molecule has 2 rings (SSSR count). The second-order valence-corrected chi connectivity index (χ2v) is 6.08. The SMILES string of the molecule is CCOCC(=O)N1CCC2(CCC(=O)N(C)CC2)CC1. The van der Waals surface area contributed by atoms with E-state index in [2.05, 4.69) is 0 Å². The van der Waals surface area contributed by atoms with Crippen molar-refractivity contribution in [2.45, 2.75) is 39.0 Å². The van der Waals surface area contributed by atoms with E-state index >= 15 is 0 Å². The highest BCUT2D eigenvalue weighted by Gasteiger charge is 2.38. The fraction of sp³-hybridized carbons (Fsp3) is 0.867. The van der Waals surface area contributed by atoms with Crippen LogP contribution in [0, 0.1) is 5.41 Å². The van der Waals surface area contributed by atoms with Crippen LogP contribution in [-0.2, 0) is 14.3 Å². The first-order valence-electron chi connectivity index (χ1n) is 7.66. The zero-order chi connectivity index (χ0) is 14.6. The van der Waals surface area contributed by atoms with E-state index in [4.69, 9.17) is 4.74 Å². The van der Waals surface area contributed by atoms with Crippen molar-refractivity contribution < 1.29 is 14.3 Å². The van der Waals surface area contributed by atoms with Gasteiger partial charge in [0.2, 0.25) is 11.8 Å². The highest BCUT2D eigenvalue weighted by molar-refractivity contribution is 5.77. The monoisotopic (exact) mass is 282 g/mol. The molecule has 0 aliphatic carbocycles. The third kappa shape index (κ3) is 3.51. The molecule has 114 valence electrons. The summed E-state index contributed by atoms with van der Waals surface area (Å²) in [5, 5.41) is 0. The van der Waals surface area contributed by atoms with Gasteiger partial charge < -0.3 is 14.5 Å². The number of rotatable bonds is 3. The Balaban J connectivity index is 1.86. The van der Waals surface area contributed by atoms with Gasteiger partial charge in [0.1, 0.15) is 6.61 Å². The second kappa shape index (κ2) is 6.57. The molecule has 0 unspecified atom stereocenters. The minimum atomic E-state index is 0.100. The number of piperidine rings is 1. The average molecular weight is 282 g/mol. The van der Waals surface area contributed by atoms with E-state index < -0.39 is 0 Å². The smallest absolute Gasteiger partial charge is 0.248 e. The van der Waals surface area contributed by atoms with Gasteiger partial charge in [0.05, 0.1) is 0 Å². The van der Waals surface area contributed by atoms with Crippen molar-refractivity contribution >= 4 is 11.8 Å². The first kappa shape index (κ1) is 15.3. The van der Waals surface area contributed by atoms with Crippen LogP contribution in [0.1, 0.15) is 39.0 Å². The summed E-state index contributed by atoms with van der Waals surface area (Å²) in [6.45, 7) is 5.15. The lowest BCUT2D eigenvalue weighted by molar-refractivity contribution is -0.138. The van der Waals surface area contributed by atoms with Crippen molar-refractivity contribution in [2.24, 2.45) is 5.41 Å². The summed E-state index contributed by atoms with van der Waals surface area (Å²) in [6.07, 6.45) is 4.74. The minimum Gasteiger partial charge on any atom is -0.372 e. The van der Waals surface area contributed by atoms with E-state index in [9.17, 15) is 9.59 Å². The number of hydrogen-bond acceptors (Lipinski definition) is 3. The molecule has 20 heavy (non-hydrogen) atoms. The standard InChI is InChI=1S/C15H26N2O3/c1-3-20-12-14(19)17-10-7-15(8-11-17)5-4-13(18)16(2)9-6-15/h3-12H2,1-2H3. The first-order valence-corrected chi connectivity index (χ1v) is 7.66. The largest absolute Gasteiger partial charge is 0.372 e. The van der Waals surface area contributed by atoms with Gasteiger partial charge in [-0.05, 0) is 38.0 Å².